The predicted molar refractivity (Wildman–Crippen MR) is 76.8 cm³/mol. The smallest absolute Gasteiger partial charge is 0.358 e. The first-order valence-corrected chi connectivity index (χ1v) is 6.21. The molecule has 0 saturated carbocycles. The Morgan fingerprint density at radius 3 is 2.10 bits per heavy atom. The molecule has 1 atom stereocenters. The Morgan fingerprint density at radius 2 is 1.52 bits per heavy atom. The van der Waals surface area contributed by atoms with Gasteiger partial charge in [-0.3, -0.25) is 0 Å². The molecule has 0 amide bonds. The monoisotopic (exact) mass is 286 g/mol. The van der Waals surface area contributed by atoms with Crippen LogP contribution in [0.25, 0.3) is 6.08 Å². The summed E-state index contributed by atoms with van der Waals surface area (Å²) in [6, 6.07) is 15.4. The Balaban J connectivity index is 1.92. The van der Waals surface area contributed by atoms with Crippen molar-refractivity contribution < 1.29 is 24.5 Å². The lowest BCUT2D eigenvalue weighted by atomic mass is 10.2. The van der Waals surface area contributed by atoms with E-state index in [0.29, 0.717) is 17.1 Å². The van der Waals surface area contributed by atoms with Crippen LogP contribution in [0.3, 0.4) is 0 Å². The van der Waals surface area contributed by atoms with Crippen LogP contribution >= 0.6 is 0 Å². The van der Waals surface area contributed by atoms with Crippen molar-refractivity contribution in [2.75, 3.05) is 0 Å². The Bertz CT molecular complexity index is 604. The van der Waals surface area contributed by atoms with Gasteiger partial charge in [-0.05, 0) is 35.9 Å². The molecule has 5 nitrogen and oxygen atoms in total. The zero-order valence-electron chi connectivity index (χ0n) is 11.0. The lowest BCUT2D eigenvalue weighted by Gasteiger charge is -2.14. The van der Waals surface area contributed by atoms with Crippen molar-refractivity contribution in [1.82, 2.24) is 0 Å². The maximum Gasteiger partial charge on any atom is 0.358 e. The molecular formula is C16H14O5. The number of rotatable bonds is 6. The predicted octanol–water partition coefficient (Wildman–Crippen LogP) is 2.52. The largest absolute Gasteiger partial charge is 0.478 e. The van der Waals surface area contributed by atoms with E-state index in [2.05, 4.69) is 0 Å². The number of carbonyl (C=O) groups is 1. The number of benzene rings is 2. The minimum atomic E-state index is -1.42. The maximum absolute atomic E-state index is 10.4. The highest BCUT2D eigenvalue weighted by Crippen LogP contribution is 2.16. The average Bonchev–Trinajstić information content (AvgIpc) is 2.47. The van der Waals surface area contributed by atoms with Crippen molar-refractivity contribution >= 4 is 12.0 Å². The second kappa shape index (κ2) is 7.12. The number of aliphatic carboxylic acids is 1. The summed E-state index contributed by atoms with van der Waals surface area (Å²) in [6.45, 7) is -1.42. The van der Waals surface area contributed by atoms with Gasteiger partial charge in [-0.2, -0.15) is 0 Å². The summed E-state index contributed by atoms with van der Waals surface area (Å²) in [4.78, 5) is 10.4. The van der Waals surface area contributed by atoms with Crippen molar-refractivity contribution in [2.24, 2.45) is 0 Å². The first-order valence-electron chi connectivity index (χ1n) is 6.21. The fourth-order valence-corrected chi connectivity index (χ4v) is 1.58. The van der Waals surface area contributed by atoms with Gasteiger partial charge in [0.2, 0.25) is 0 Å². The van der Waals surface area contributed by atoms with Crippen LogP contribution in [0.2, 0.25) is 0 Å². The van der Waals surface area contributed by atoms with Gasteiger partial charge in [-0.1, -0.05) is 30.3 Å². The molecule has 0 heterocycles. The van der Waals surface area contributed by atoms with E-state index >= 15 is 0 Å². The number of aliphatic hydroxyl groups is 1. The summed E-state index contributed by atoms with van der Waals surface area (Å²) in [7, 11) is 0. The number of para-hydroxylation sites is 1. The van der Waals surface area contributed by atoms with E-state index in [0.717, 1.165) is 6.08 Å². The molecule has 0 radical (unpaired) electrons. The van der Waals surface area contributed by atoms with Gasteiger partial charge in [0.25, 0.3) is 0 Å². The standard InChI is InChI=1S/C16H14O5/c17-15(18)11-8-12-6-9-14(10-7-12)21-16(19)20-13-4-2-1-3-5-13/h1-11,16,19H,(H,17,18)/b11-8+. The van der Waals surface area contributed by atoms with Gasteiger partial charge in [-0.25, -0.2) is 4.79 Å². The first-order chi connectivity index (χ1) is 10.1. The second-order valence-electron chi connectivity index (χ2n) is 4.10. The highest BCUT2D eigenvalue weighted by Gasteiger charge is 2.07. The Morgan fingerprint density at radius 1 is 0.952 bits per heavy atom. The Labute approximate surface area is 121 Å². The van der Waals surface area contributed by atoms with E-state index in [1.54, 1.807) is 48.5 Å². The third-order valence-electron chi connectivity index (χ3n) is 2.52. The lowest BCUT2D eigenvalue weighted by molar-refractivity contribution is -0.160. The quantitative estimate of drug-likeness (QED) is 0.630. The van der Waals surface area contributed by atoms with Gasteiger partial charge >= 0.3 is 12.4 Å². The summed E-state index contributed by atoms with van der Waals surface area (Å²) < 4.78 is 10.4. The van der Waals surface area contributed by atoms with E-state index < -0.39 is 12.4 Å². The Kier molecular flexibility index (Phi) is 4.95. The number of carboxylic acids is 1. The van der Waals surface area contributed by atoms with E-state index in [9.17, 15) is 9.90 Å². The SMILES string of the molecule is O=C(O)/C=C/c1ccc(OC(O)Oc2ccccc2)cc1. The van der Waals surface area contributed by atoms with E-state index in [1.165, 1.54) is 6.08 Å². The normalized spacial score (nSPS) is 12.0. The summed E-state index contributed by atoms with van der Waals surface area (Å²) in [5.74, 6) is -0.112. The van der Waals surface area contributed by atoms with Crippen molar-refractivity contribution in [1.29, 1.82) is 0 Å². The molecule has 0 aromatic heterocycles. The molecule has 108 valence electrons. The molecule has 0 aliphatic heterocycles. The van der Waals surface area contributed by atoms with Crippen molar-refractivity contribution in [3.63, 3.8) is 0 Å². The van der Waals surface area contributed by atoms with E-state index in [1.807, 2.05) is 6.07 Å². The number of aliphatic hydroxyl groups excluding tert-OH is 1. The molecule has 2 rings (SSSR count). The molecule has 1 unspecified atom stereocenters. The third kappa shape index (κ3) is 5.00. The highest BCUT2D eigenvalue weighted by atomic mass is 16.8. The molecule has 0 aliphatic carbocycles. The van der Waals surface area contributed by atoms with Crippen molar-refractivity contribution in [2.45, 2.75) is 6.48 Å². The first kappa shape index (κ1) is 14.6. The number of hydrogen-bond donors (Lipinski definition) is 2. The van der Waals surface area contributed by atoms with Crippen LogP contribution in [0.4, 0.5) is 0 Å². The minimum absolute atomic E-state index is 0.408. The average molecular weight is 286 g/mol. The molecule has 2 aromatic carbocycles. The summed E-state index contributed by atoms with van der Waals surface area (Å²) >= 11 is 0. The van der Waals surface area contributed by atoms with Gasteiger partial charge < -0.3 is 19.7 Å². The van der Waals surface area contributed by atoms with Crippen LogP contribution in [0.5, 0.6) is 11.5 Å². The molecule has 2 N–H and O–H groups in total. The fraction of sp³-hybridized carbons (Fsp3) is 0.0625. The van der Waals surface area contributed by atoms with E-state index in [4.69, 9.17) is 14.6 Å². The van der Waals surface area contributed by atoms with Crippen LogP contribution in [0, 0.1) is 0 Å². The fourth-order valence-electron chi connectivity index (χ4n) is 1.58. The molecule has 0 bridgehead atoms. The van der Waals surface area contributed by atoms with Crippen LogP contribution in [0.15, 0.2) is 60.7 Å². The molecule has 5 heteroatoms. The lowest BCUT2D eigenvalue weighted by Crippen LogP contribution is -2.22. The zero-order chi connectivity index (χ0) is 15.1. The van der Waals surface area contributed by atoms with E-state index in [-0.39, 0.29) is 0 Å². The minimum Gasteiger partial charge on any atom is -0.478 e. The van der Waals surface area contributed by atoms with Crippen LogP contribution in [-0.2, 0) is 4.79 Å². The van der Waals surface area contributed by atoms with Gasteiger partial charge in [0.15, 0.2) is 0 Å². The molecular weight excluding hydrogens is 272 g/mol. The van der Waals surface area contributed by atoms with Crippen LogP contribution < -0.4 is 9.47 Å². The molecule has 2 aromatic rings. The zero-order valence-corrected chi connectivity index (χ0v) is 11.0. The number of hydrogen-bond acceptors (Lipinski definition) is 4. The molecule has 0 fully saturated rings. The second-order valence-corrected chi connectivity index (χ2v) is 4.10. The van der Waals surface area contributed by atoms with Crippen LogP contribution in [-0.4, -0.2) is 22.7 Å². The van der Waals surface area contributed by atoms with Gasteiger partial charge in [0, 0.05) is 6.08 Å². The number of ether oxygens (including phenoxy) is 2. The highest BCUT2D eigenvalue weighted by molar-refractivity contribution is 5.85. The summed E-state index contributed by atoms with van der Waals surface area (Å²) in [6.07, 6.45) is 2.51. The van der Waals surface area contributed by atoms with Gasteiger partial charge in [0.05, 0.1) is 0 Å². The number of carboxylic acid groups (broad SMARTS) is 1. The molecule has 0 spiro atoms. The summed E-state index contributed by atoms with van der Waals surface area (Å²) in [5, 5.41) is 18.2. The molecule has 0 aliphatic rings. The topological polar surface area (TPSA) is 76.0 Å². The van der Waals surface area contributed by atoms with Gasteiger partial charge in [-0.15, -0.1) is 0 Å². The van der Waals surface area contributed by atoms with Crippen LogP contribution in [0.1, 0.15) is 5.56 Å². The van der Waals surface area contributed by atoms with Gasteiger partial charge in [0.1, 0.15) is 11.5 Å². The van der Waals surface area contributed by atoms with Crippen molar-refractivity contribution in [3.05, 3.63) is 66.2 Å². The summed E-state index contributed by atoms with van der Waals surface area (Å²) in [5.41, 5.74) is 0.711. The maximum atomic E-state index is 10.4. The molecule has 0 saturated heterocycles. The third-order valence-corrected chi connectivity index (χ3v) is 2.52. The molecule has 21 heavy (non-hydrogen) atoms. The Hall–Kier alpha value is -2.79. The van der Waals surface area contributed by atoms with Crippen molar-refractivity contribution in [3.8, 4) is 11.5 Å².